The van der Waals surface area contributed by atoms with Gasteiger partial charge in [0.1, 0.15) is 12.4 Å². The Balaban J connectivity index is 2.23. The topological polar surface area (TPSA) is 47.6 Å². The van der Waals surface area contributed by atoms with Crippen molar-refractivity contribution in [2.45, 2.75) is 20.5 Å². The Morgan fingerprint density at radius 1 is 1.26 bits per heavy atom. The summed E-state index contributed by atoms with van der Waals surface area (Å²) in [5.41, 5.74) is 3.96. The molecule has 0 aromatic heterocycles. The molecule has 6 heteroatoms. The minimum Gasteiger partial charge on any atom is -0.488 e. The van der Waals surface area contributed by atoms with E-state index in [0.29, 0.717) is 12.3 Å². The molecule has 0 saturated carbocycles. The molecule has 0 heterocycles. The Morgan fingerprint density at radius 2 is 1.96 bits per heavy atom. The summed E-state index contributed by atoms with van der Waals surface area (Å²) in [6.45, 7) is 4.45. The van der Waals surface area contributed by atoms with E-state index >= 15 is 0 Å². The van der Waals surface area contributed by atoms with Gasteiger partial charge in [-0.25, -0.2) is 4.79 Å². The van der Waals surface area contributed by atoms with Crippen molar-refractivity contribution in [3.05, 3.63) is 55.1 Å². The summed E-state index contributed by atoms with van der Waals surface area (Å²) in [6.07, 6.45) is -0.499. The fraction of sp³-hybridized carbons (Fsp3) is 0.235. The number of amides is 1. The number of benzene rings is 2. The van der Waals surface area contributed by atoms with Crippen LogP contribution in [0, 0.1) is 17.4 Å². The number of anilines is 1. The summed E-state index contributed by atoms with van der Waals surface area (Å²) < 4.78 is 12.5. The number of ether oxygens (including phenoxy) is 2. The first kappa shape index (κ1) is 18.1. The minimum absolute atomic E-state index is 0.347. The molecule has 2 aromatic carbocycles. The molecule has 0 unspecified atom stereocenters. The van der Waals surface area contributed by atoms with Gasteiger partial charge in [0.05, 0.1) is 17.3 Å². The van der Waals surface area contributed by atoms with Crippen molar-refractivity contribution in [1.82, 2.24) is 0 Å². The van der Waals surface area contributed by atoms with Gasteiger partial charge in [-0.05, 0) is 87.8 Å². The van der Waals surface area contributed by atoms with Gasteiger partial charge < -0.3 is 9.47 Å². The number of aryl methyl sites for hydroxylation is 2. The summed E-state index contributed by atoms with van der Waals surface area (Å²) >= 11 is 5.75. The fourth-order valence-corrected chi connectivity index (χ4v) is 3.22. The van der Waals surface area contributed by atoms with Crippen LogP contribution in [-0.2, 0) is 11.3 Å². The van der Waals surface area contributed by atoms with Crippen LogP contribution >= 0.6 is 38.5 Å². The average molecular weight is 490 g/mol. The molecule has 1 N–H and O–H groups in total. The summed E-state index contributed by atoms with van der Waals surface area (Å²) in [6, 6.07) is 9.71. The number of methoxy groups -OCH3 is 1. The molecule has 23 heavy (non-hydrogen) atoms. The van der Waals surface area contributed by atoms with Crippen molar-refractivity contribution in [1.29, 1.82) is 0 Å². The largest absolute Gasteiger partial charge is 0.488 e. The molecule has 0 saturated heterocycles. The lowest BCUT2D eigenvalue weighted by Crippen LogP contribution is -2.14. The maximum Gasteiger partial charge on any atom is 0.411 e. The molecule has 0 aliphatic carbocycles. The van der Waals surface area contributed by atoms with Gasteiger partial charge in [-0.2, -0.15) is 0 Å². The molecule has 1 amide bonds. The lowest BCUT2D eigenvalue weighted by molar-refractivity contribution is 0.187. The number of hydrogen-bond acceptors (Lipinski definition) is 3. The highest BCUT2D eigenvalue weighted by Gasteiger charge is 2.12. The molecular formula is C17H17BrINO3. The summed E-state index contributed by atoms with van der Waals surface area (Å²) in [5, 5.41) is 2.71. The van der Waals surface area contributed by atoms with E-state index in [0.717, 1.165) is 19.4 Å². The molecule has 0 aliphatic rings. The highest BCUT2D eigenvalue weighted by Crippen LogP contribution is 2.30. The van der Waals surface area contributed by atoms with Crippen LogP contribution in [0.25, 0.3) is 0 Å². The number of carbonyl (C=O) groups excluding carboxylic acids is 1. The summed E-state index contributed by atoms with van der Waals surface area (Å²) in [5.74, 6) is 0.775. The number of nitrogens with one attached hydrogen (secondary N) is 1. The van der Waals surface area contributed by atoms with Crippen molar-refractivity contribution in [3.63, 3.8) is 0 Å². The SMILES string of the molecule is COC(=O)Nc1cccc(I)c1COc1cc(C)c(C)cc1Br. The van der Waals surface area contributed by atoms with E-state index in [1.807, 2.05) is 37.3 Å². The first-order valence-electron chi connectivity index (χ1n) is 6.94. The van der Waals surface area contributed by atoms with Crippen molar-refractivity contribution in [2.75, 3.05) is 12.4 Å². The van der Waals surface area contributed by atoms with Crippen LogP contribution in [0.15, 0.2) is 34.8 Å². The van der Waals surface area contributed by atoms with Crippen LogP contribution in [0.1, 0.15) is 16.7 Å². The Kier molecular flexibility index (Phi) is 6.29. The predicted molar refractivity (Wildman–Crippen MR) is 103 cm³/mol. The van der Waals surface area contributed by atoms with E-state index in [4.69, 9.17) is 4.74 Å². The standard InChI is InChI=1S/C17H17BrINO3/c1-10-7-13(18)16(8-11(10)2)23-9-12-14(19)5-4-6-15(12)20-17(21)22-3/h4-8H,9H2,1-3H3,(H,20,21). The Morgan fingerprint density at radius 3 is 2.65 bits per heavy atom. The van der Waals surface area contributed by atoms with Crippen molar-refractivity contribution in [2.24, 2.45) is 0 Å². The molecule has 4 nitrogen and oxygen atoms in total. The van der Waals surface area contributed by atoms with E-state index in [9.17, 15) is 4.79 Å². The van der Waals surface area contributed by atoms with E-state index in [1.165, 1.54) is 18.2 Å². The van der Waals surface area contributed by atoms with Crippen LogP contribution in [-0.4, -0.2) is 13.2 Å². The Hall–Kier alpha value is -1.28. The van der Waals surface area contributed by atoms with E-state index in [-0.39, 0.29) is 0 Å². The first-order chi connectivity index (χ1) is 10.9. The quantitative estimate of drug-likeness (QED) is 0.582. The van der Waals surface area contributed by atoms with Gasteiger partial charge in [0.15, 0.2) is 0 Å². The second kappa shape index (κ2) is 8.01. The second-order valence-electron chi connectivity index (χ2n) is 5.04. The van der Waals surface area contributed by atoms with Gasteiger partial charge in [0, 0.05) is 9.13 Å². The third kappa shape index (κ3) is 4.60. The molecule has 0 fully saturated rings. The Labute approximate surface area is 157 Å². The first-order valence-corrected chi connectivity index (χ1v) is 8.81. The molecule has 2 aromatic rings. The number of halogens is 2. The monoisotopic (exact) mass is 489 g/mol. The van der Waals surface area contributed by atoms with Crippen LogP contribution in [0.3, 0.4) is 0 Å². The zero-order chi connectivity index (χ0) is 17.0. The van der Waals surface area contributed by atoms with Crippen LogP contribution in [0.2, 0.25) is 0 Å². The van der Waals surface area contributed by atoms with E-state index in [1.54, 1.807) is 0 Å². The molecule has 122 valence electrons. The maximum atomic E-state index is 11.5. The highest BCUT2D eigenvalue weighted by molar-refractivity contribution is 14.1. The van der Waals surface area contributed by atoms with E-state index in [2.05, 4.69) is 55.5 Å². The molecular weight excluding hydrogens is 473 g/mol. The molecule has 0 spiro atoms. The van der Waals surface area contributed by atoms with Gasteiger partial charge in [0.2, 0.25) is 0 Å². The van der Waals surface area contributed by atoms with E-state index < -0.39 is 6.09 Å². The lowest BCUT2D eigenvalue weighted by Gasteiger charge is -2.15. The molecule has 0 bridgehead atoms. The number of rotatable bonds is 4. The Bertz CT molecular complexity index is 734. The fourth-order valence-electron chi connectivity index (χ4n) is 2.00. The molecule has 0 radical (unpaired) electrons. The zero-order valence-electron chi connectivity index (χ0n) is 13.1. The molecule has 0 aliphatic heterocycles. The van der Waals surface area contributed by atoms with Crippen LogP contribution < -0.4 is 10.1 Å². The van der Waals surface area contributed by atoms with Crippen LogP contribution in [0.4, 0.5) is 10.5 Å². The zero-order valence-corrected chi connectivity index (χ0v) is 16.8. The third-order valence-electron chi connectivity index (χ3n) is 3.46. The van der Waals surface area contributed by atoms with Crippen LogP contribution in [0.5, 0.6) is 5.75 Å². The molecule has 0 atom stereocenters. The molecule has 2 rings (SSSR count). The maximum absolute atomic E-state index is 11.5. The smallest absolute Gasteiger partial charge is 0.411 e. The lowest BCUT2D eigenvalue weighted by atomic mass is 10.1. The van der Waals surface area contributed by atoms with Gasteiger partial charge in [-0.3, -0.25) is 5.32 Å². The average Bonchev–Trinajstić information content (AvgIpc) is 2.51. The van der Waals surface area contributed by atoms with Gasteiger partial charge in [0.25, 0.3) is 0 Å². The van der Waals surface area contributed by atoms with Gasteiger partial charge in [-0.15, -0.1) is 0 Å². The van der Waals surface area contributed by atoms with Gasteiger partial charge in [-0.1, -0.05) is 6.07 Å². The summed E-state index contributed by atoms with van der Waals surface area (Å²) in [7, 11) is 1.34. The number of hydrogen-bond donors (Lipinski definition) is 1. The van der Waals surface area contributed by atoms with Crippen molar-refractivity contribution < 1.29 is 14.3 Å². The third-order valence-corrected chi connectivity index (χ3v) is 5.09. The minimum atomic E-state index is -0.499. The predicted octanol–water partition coefficient (Wildman–Crippen LogP) is 5.43. The second-order valence-corrected chi connectivity index (χ2v) is 7.05. The highest BCUT2D eigenvalue weighted by atomic mass is 127. The van der Waals surface area contributed by atoms with Gasteiger partial charge >= 0.3 is 6.09 Å². The van der Waals surface area contributed by atoms with Crippen molar-refractivity contribution in [3.8, 4) is 5.75 Å². The summed E-state index contributed by atoms with van der Waals surface area (Å²) in [4.78, 5) is 11.5. The number of carbonyl (C=O) groups is 1. The van der Waals surface area contributed by atoms with Crippen molar-refractivity contribution >= 4 is 50.3 Å². The normalized spacial score (nSPS) is 10.3.